The first-order valence-electron chi connectivity index (χ1n) is 5.76. The maximum Gasteiger partial charge on any atom is 0.371 e. The molecule has 7 heteroatoms. The van der Waals surface area contributed by atoms with E-state index in [1.54, 1.807) is 6.92 Å². The first-order valence-corrected chi connectivity index (χ1v) is 5.76. The van der Waals surface area contributed by atoms with E-state index in [0.717, 1.165) is 5.06 Å². The van der Waals surface area contributed by atoms with Crippen molar-refractivity contribution in [1.29, 1.82) is 0 Å². The molecule has 0 saturated carbocycles. The molecule has 0 atom stereocenters. The second-order valence-corrected chi connectivity index (χ2v) is 3.75. The van der Waals surface area contributed by atoms with E-state index in [-0.39, 0.29) is 13.2 Å². The van der Waals surface area contributed by atoms with E-state index in [0.29, 0.717) is 11.6 Å². The van der Waals surface area contributed by atoms with Crippen LogP contribution < -0.4 is 0 Å². The van der Waals surface area contributed by atoms with E-state index in [9.17, 15) is 14.0 Å². The molecule has 0 heterocycles. The molecule has 0 spiro atoms. The minimum Gasteiger partial charge on any atom is -0.502 e. The van der Waals surface area contributed by atoms with Crippen molar-refractivity contribution in [1.82, 2.24) is 5.06 Å². The first-order chi connectivity index (χ1) is 9.43. The number of carboxylic acid groups (broad SMARTS) is 1. The summed E-state index contributed by atoms with van der Waals surface area (Å²) in [5, 5.41) is 18.4. The number of amides is 1. The fourth-order valence-electron chi connectivity index (χ4n) is 1.35. The van der Waals surface area contributed by atoms with E-state index >= 15 is 0 Å². The summed E-state index contributed by atoms with van der Waals surface area (Å²) in [6.45, 7) is 1.82. The zero-order valence-corrected chi connectivity index (χ0v) is 10.7. The Morgan fingerprint density at radius 2 is 1.90 bits per heavy atom. The average Bonchev–Trinajstić information content (AvgIpc) is 2.40. The maximum absolute atomic E-state index is 12.8. The van der Waals surface area contributed by atoms with Crippen molar-refractivity contribution in [2.75, 3.05) is 6.61 Å². The van der Waals surface area contributed by atoms with E-state index in [1.165, 1.54) is 24.3 Å². The van der Waals surface area contributed by atoms with Gasteiger partial charge in [-0.1, -0.05) is 12.1 Å². The number of carboxylic acids is 1. The van der Waals surface area contributed by atoms with Gasteiger partial charge in [0.1, 0.15) is 5.82 Å². The Morgan fingerprint density at radius 1 is 1.30 bits per heavy atom. The molecular weight excluding hydrogens is 269 g/mol. The Hall–Kier alpha value is -2.41. The predicted octanol–water partition coefficient (Wildman–Crippen LogP) is 1.63. The maximum atomic E-state index is 12.8. The second-order valence-electron chi connectivity index (χ2n) is 3.75. The smallest absolute Gasteiger partial charge is 0.371 e. The lowest BCUT2D eigenvalue weighted by Gasteiger charge is -2.19. The molecule has 2 N–H and O–H groups in total. The number of hydroxylamine groups is 2. The Kier molecular flexibility index (Phi) is 5.67. The molecule has 1 rings (SSSR count). The van der Waals surface area contributed by atoms with Crippen LogP contribution in [0.25, 0.3) is 0 Å². The summed E-state index contributed by atoms with van der Waals surface area (Å²) in [5.41, 5.74) is 0.594. The number of carbonyl (C=O) groups is 2. The van der Waals surface area contributed by atoms with E-state index in [2.05, 4.69) is 0 Å². The third-order valence-corrected chi connectivity index (χ3v) is 2.25. The largest absolute Gasteiger partial charge is 0.502 e. The number of rotatable bonds is 6. The number of aliphatic hydroxyl groups excluding tert-OH is 1. The third kappa shape index (κ3) is 4.69. The highest BCUT2D eigenvalue weighted by Crippen LogP contribution is 2.08. The van der Waals surface area contributed by atoms with Gasteiger partial charge in [0, 0.05) is 0 Å². The highest BCUT2D eigenvalue weighted by Gasteiger charge is 2.16. The standard InChI is InChI=1S/C13H14FNO5/c1-2-20-15(12(17)7-11(16)13(18)19)8-9-3-5-10(14)6-4-9/h3-7,16H,2,8H2,1H3,(H,18,19). The molecule has 0 unspecified atom stereocenters. The van der Waals surface area contributed by atoms with E-state index < -0.39 is 23.5 Å². The molecule has 0 aromatic heterocycles. The van der Waals surface area contributed by atoms with Crippen LogP contribution in [0.1, 0.15) is 12.5 Å². The Morgan fingerprint density at radius 3 is 2.40 bits per heavy atom. The zero-order chi connectivity index (χ0) is 15.1. The molecule has 0 aliphatic rings. The van der Waals surface area contributed by atoms with Crippen molar-refractivity contribution in [3.8, 4) is 0 Å². The Bertz CT molecular complexity index is 512. The molecule has 6 nitrogen and oxygen atoms in total. The molecule has 0 bridgehead atoms. The van der Waals surface area contributed by atoms with E-state index in [1.807, 2.05) is 0 Å². The summed E-state index contributed by atoms with van der Waals surface area (Å²) in [7, 11) is 0. The molecule has 20 heavy (non-hydrogen) atoms. The molecule has 108 valence electrons. The average molecular weight is 283 g/mol. The summed E-state index contributed by atoms with van der Waals surface area (Å²) in [5.74, 6) is -3.93. The number of halogens is 1. The van der Waals surface area contributed by atoms with Crippen molar-refractivity contribution in [3.05, 3.63) is 47.5 Å². The normalized spacial score (nSPS) is 11.2. The number of nitrogens with zero attached hydrogens (tertiary/aromatic N) is 1. The van der Waals surface area contributed by atoms with Crippen LogP contribution in [0.4, 0.5) is 4.39 Å². The fourth-order valence-corrected chi connectivity index (χ4v) is 1.35. The molecule has 0 radical (unpaired) electrons. The zero-order valence-electron chi connectivity index (χ0n) is 10.7. The number of benzene rings is 1. The van der Waals surface area contributed by atoms with Crippen molar-refractivity contribution in [2.45, 2.75) is 13.5 Å². The van der Waals surface area contributed by atoms with Crippen molar-refractivity contribution in [2.24, 2.45) is 0 Å². The van der Waals surface area contributed by atoms with Crippen LogP contribution in [0, 0.1) is 5.82 Å². The van der Waals surface area contributed by atoms with Crippen LogP contribution in [0.3, 0.4) is 0 Å². The van der Waals surface area contributed by atoms with Gasteiger partial charge in [0.2, 0.25) is 5.76 Å². The number of hydrogen-bond donors (Lipinski definition) is 2. The van der Waals surface area contributed by atoms with Crippen molar-refractivity contribution >= 4 is 11.9 Å². The van der Waals surface area contributed by atoms with Gasteiger partial charge < -0.3 is 10.2 Å². The summed E-state index contributed by atoms with van der Waals surface area (Å²) in [6, 6.07) is 5.40. The van der Waals surface area contributed by atoms with Gasteiger partial charge in [0.05, 0.1) is 19.2 Å². The quantitative estimate of drug-likeness (QED) is 0.471. The molecule has 0 aliphatic heterocycles. The van der Waals surface area contributed by atoms with Gasteiger partial charge in [-0.3, -0.25) is 9.63 Å². The lowest BCUT2D eigenvalue weighted by molar-refractivity contribution is -0.183. The van der Waals surface area contributed by atoms with Gasteiger partial charge in [-0.25, -0.2) is 14.2 Å². The summed E-state index contributed by atoms with van der Waals surface area (Å²) in [6.07, 6.45) is 0.543. The second kappa shape index (κ2) is 7.25. The lowest BCUT2D eigenvalue weighted by atomic mass is 10.2. The summed E-state index contributed by atoms with van der Waals surface area (Å²) < 4.78 is 12.8. The molecule has 1 aromatic rings. The monoisotopic (exact) mass is 283 g/mol. The van der Waals surface area contributed by atoms with Gasteiger partial charge in [-0.15, -0.1) is 0 Å². The van der Waals surface area contributed by atoms with Crippen LogP contribution in [-0.2, 0) is 21.0 Å². The SMILES string of the molecule is CCON(Cc1ccc(F)cc1)C(=O)C=C(O)C(=O)O. The van der Waals surface area contributed by atoms with Crippen LogP contribution in [0.2, 0.25) is 0 Å². The number of aliphatic hydroxyl groups is 1. The summed E-state index contributed by atoms with van der Waals surface area (Å²) >= 11 is 0. The molecule has 1 amide bonds. The number of hydrogen-bond acceptors (Lipinski definition) is 4. The lowest BCUT2D eigenvalue weighted by Crippen LogP contribution is -2.30. The first kappa shape index (κ1) is 15.6. The molecular formula is C13H14FNO5. The molecule has 0 saturated heterocycles. The minimum absolute atomic E-state index is 0.00362. The number of carbonyl (C=O) groups excluding carboxylic acids is 1. The van der Waals surface area contributed by atoms with Crippen molar-refractivity contribution in [3.63, 3.8) is 0 Å². The van der Waals surface area contributed by atoms with Crippen molar-refractivity contribution < 1.29 is 29.0 Å². The van der Waals surface area contributed by atoms with Crippen LogP contribution >= 0.6 is 0 Å². The highest BCUT2D eigenvalue weighted by molar-refractivity contribution is 5.95. The van der Waals surface area contributed by atoms with Crippen LogP contribution in [-0.4, -0.2) is 33.8 Å². The molecule has 0 fully saturated rings. The molecule has 1 aromatic carbocycles. The van der Waals surface area contributed by atoms with Gasteiger partial charge in [0.15, 0.2) is 0 Å². The number of aliphatic carboxylic acids is 1. The van der Waals surface area contributed by atoms with Gasteiger partial charge in [-0.2, -0.15) is 0 Å². The Balaban J connectivity index is 2.83. The minimum atomic E-state index is -1.61. The highest BCUT2D eigenvalue weighted by atomic mass is 19.1. The summed E-state index contributed by atoms with van der Waals surface area (Å²) in [4.78, 5) is 27.2. The van der Waals surface area contributed by atoms with Gasteiger partial charge >= 0.3 is 5.97 Å². The molecule has 0 aliphatic carbocycles. The van der Waals surface area contributed by atoms with Crippen LogP contribution in [0.5, 0.6) is 0 Å². The van der Waals surface area contributed by atoms with Gasteiger partial charge in [-0.05, 0) is 24.6 Å². The third-order valence-electron chi connectivity index (χ3n) is 2.25. The predicted molar refractivity (Wildman–Crippen MR) is 66.9 cm³/mol. The van der Waals surface area contributed by atoms with Gasteiger partial charge in [0.25, 0.3) is 5.91 Å². The Labute approximate surface area is 114 Å². The fraction of sp³-hybridized carbons (Fsp3) is 0.231. The van der Waals surface area contributed by atoms with Crippen LogP contribution in [0.15, 0.2) is 36.1 Å². The topological polar surface area (TPSA) is 87.1 Å². The van der Waals surface area contributed by atoms with E-state index in [4.69, 9.17) is 15.1 Å².